The minimum atomic E-state index is -0.998. The molecule has 3 atom stereocenters. The number of ether oxygens (including phenoxy) is 1. The molecule has 0 radical (unpaired) electrons. The molecule has 2 aromatic carbocycles. The van der Waals surface area contributed by atoms with E-state index in [2.05, 4.69) is 17.4 Å². The zero-order valence-corrected chi connectivity index (χ0v) is 19.6. The van der Waals surface area contributed by atoms with E-state index < -0.39 is 18.1 Å². The van der Waals surface area contributed by atoms with E-state index in [1.807, 2.05) is 48.2 Å². The lowest BCUT2D eigenvalue weighted by Crippen LogP contribution is -2.48. The van der Waals surface area contributed by atoms with E-state index in [1.165, 1.54) is 0 Å². The summed E-state index contributed by atoms with van der Waals surface area (Å²) in [6, 6.07) is 15.3. The third-order valence-electron chi connectivity index (χ3n) is 7.13. The Labute approximate surface area is 202 Å². The van der Waals surface area contributed by atoms with Crippen LogP contribution in [0.3, 0.4) is 0 Å². The number of hydrogen-bond acceptors (Lipinski definition) is 5. The van der Waals surface area contributed by atoms with Crippen molar-refractivity contribution in [2.75, 3.05) is 31.2 Å². The van der Waals surface area contributed by atoms with Gasteiger partial charge < -0.3 is 20.1 Å². The summed E-state index contributed by atoms with van der Waals surface area (Å²) in [6.45, 7) is 1.49. The van der Waals surface area contributed by atoms with Gasteiger partial charge in [-0.3, -0.25) is 9.59 Å². The highest BCUT2D eigenvalue weighted by atomic mass is 32.2. The zero-order valence-electron chi connectivity index (χ0n) is 18.8. The van der Waals surface area contributed by atoms with Crippen LogP contribution in [0.15, 0.2) is 48.5 Å². The maximum atomic E-state index is 13.2. The van der Waals surface area contributed by atoms with Crippen LogP contribution in [-0.4, -0.2) is 65.2 Å². The van der Waals surface area contributed by atoms with Gasteiger partial charge in [-0.2, -0.15) is 11.8 Å². The number of carboxylic acid groups (broad SMARTS) is 1. The fourth-order valence-electron chi connectivity index (χ4n) is 5.40. The van der Waals surface area contributed by atoms with Crippen molar-refractivity contribution < 1.29 is 24.2 Å². The predicted molar refractivity (Wildman–Crippen MR) is 130 cm³/mol. The van der Waals surface area contributed by atoms with Gasteiger partial charge in [0.15, 0.2) is 0 Å². The second-order valence-electron chi connectivity index (χ2n) is 9.26. The third-order valence-corrected chi connectivity index (χ3v) is 8.46. The van der Waals surface area contributed by atoms with E-state index in [4.69, 9.17) is 9.84 Å². The Morgan fingerprint density at radius 1 is 1.00 bits per heavy atom. The Morgan fingerprint density at radius 3 is 2.18 bits per heavy atom. The molecule has 1 aliphatic carbocycles. The zero-order chi connectivity index (χ0) is 23.7. The third kappa shape index (κ3) is 4.51. The largest absolute Gasteiger partial charge is 0.481 e. The van der Waals surface area contributed by atoms with Crippen molar-refractivity contribution in [3.05, 3.63) is 59.7 Å². The molecule has 7 nitrogen and oxygen atoms in total. The van der Waals surface area contributed by atoms with Gasteiger partial charge >= 0.3 is 12.1 Å². The number of nitrogens with zero attached hydrogens (tertiary/aromatic N) is 1. The van der Waals surface area contributed by atoms with Crippen molar-refractivity contribution in [1.82, 2.24) is 10.2 Å². The maximum Gasteiger partial charge on any atom is 0.407 e. The van der Waals surface area contributed by atoms with Crippen LogP contribution < -0.4 is 5.32 Å². The second-order valence-corrected chi connectivity index (χ2v) is 10.3. The molecule has 0 bridgehead atoms. The molecular formula is C26H28N2O5S. The molecule has 2 N–H and O–H groups in total. The average molecular weight is 481 g/mol. The lowest BCUT2D eigenvalue weighted by molar-refractivity contribution is -0.137. The summed E-state index contributed by atoms with van der Waals surface area (Å²) in [5.74, 6) is 1.78. The Bertz CT molecular complexity index is 1050. The first-order valence-corrected chi connectivity index (χ1v) is 12.9. The van der Waals surface area contributed by atoms with Gasteiger partial charge in [0.2, 0.25) is 5.91 Å². The molecule has 2 aliphatic heterocycles. The molecule has 2 saturated heterocycles. The molecule has 178 valence electrons. The SMILES string of the molecule is O=C(O)CCC(NC(=O)OCC1c2ccccc2-c2ccccc21)C(=O)N1CC2CSCC2C1. The summed E-state index contributed by atoms with van der Waals surface area (Å²) in [5.41, 5.74) is 4.49. The van der Waals surface area contributed by atoms with E-state index >= 15 is 0 Å². The molecule has 0 spiro atoms. The van der Waals surface area contributed by atoms with E-state index in [-0.39, 0.29) is 31.3 Å². The van der Waals surface area contributed by atoms with Crippen LogP contribution in [0.5, 0.6) is 0 Å². The molecule has 0 aromatic heterocycles. The van der Waals surface area contributed by atoms with E-state index in [9.17, 15) is 14.4 Å². The molecule has 8 heteroatoms. The highest BCUT2D eigenvalue weighted by molar-refractivity contribution is 7.99. The number of thioether (sulfide) groups is 1. The van der Waals surface area contributed by atoms with Gasteiger partial charge in [-0.25, -0.2) is 4.79 Å². The minimum absolute atomic E-state index is 0.0406. The van der Waals surface area contributed by atoms with Crippen LogP contribution >= 0.6 is 11.8 Å². The number of nitrogens with one attached hydrogen (secondary N) is 1. The van der Waals surface area contributed by atoms with Crippen molar-refractivity contribution in [3.63, 3.8) is 0 Å². The number of likely N-dealkylation sites (tertiary alicyclic amines) is 1. The Kier molecular flexibility index (Phi) is 6.50. The van der Waals surface area contributed by atoms with Crippen molar-refractivity contribution in [3.8, 4) is 11.1 Å². The van der Waals surface area contributed by atoms with Gasteiger partial charge in [0.1, 0.15) is 12.6 Å². The Hall–Kier alpha value is -3.00. The van der Waals surface area contributed by atoms with Crippen molar-refractivity contribution >= 4 is 29.7 Å². The van der Waals surface area contributed by atoms with Crippen LogP contribution in [-0.2, 0) is 14.3 Å². The fraction of sp³-hybridized carbons (Fsp3) is 0.423. The van der Waals surface area contributed by atoms with Gasteiger partial charge in [-0.05, 0) is 52.0 Å². The summed E-state index contributed by atoms with van der Waals surface area (Å²) in [7, 11) is 0. The van der Waals surface area contributed by atoms with Gasteiger partial charge in [0.25, 0.3) is 0 Å². The van der Waals surface area contributed by atoms with Gasteiger partial charge in [-0.15, -0.1) is 0 Å². The molecule has 2 heterocycles. The summed E-state index contributed by atoms with van der Waals surface area (Å²) < 4.78 is 5.59. The number of aliphatic carboxylic acids is 1. The number of benzene rings is 2. The average Bonchev–Trinajstić information content (AvgIpc) is 3.52. The van der Waals surface area contributed by atoms with E-state index in [0.29, 0.717) is 24.9 Å². The van der Waals surface area contributed by atoms with Gasteiger partial charge in [-0.1, -0.05) is 48.5 Å². The molecule has 34 heavy (non-hydrogen) atoms. The van der Waals surface area contributed by atoms with Gasteiger partial charge in [0, 0.05) is 25.4 Å². The lowest BCUT2D eigenvalue weighted by atomic mass is 9.98. The molecule has 3 unspecified atom stereocenters. The first kappa shape index (κ1) is 22.8. The molecular weight excluding hydrogens is 452 g/mol. The molecule has 5 rings (SSSR count). The van der Waals surface area contributed by atoms with Crippen molar-refractivity contribution in [1.29, 1.82) is 0 Å². The minimum Gasteiger partial charge on any atom is -0.481 e. The normalized spacial score (nSPS) is 21.5. The number of alkyl carbamates (subject to hydrolysis) is 1. The standard InChI is InChI=1S/C26H28N2O5S/c29-24(30)10-9-23(25(31)28-11-16-14-34-15-17(16)12-28)27-26(32)33-13-22-20-7-3-1-5-18(20)19-6-2-4-8-21(19)22/h1-8,16-17,22-23H,9-15H2,(H,27,32)(H,29,30). The second kappa shape index (κ2) is 9.70. The maximum absolute atomic E-state index is 13.2. The lowest BCUT2D eigenvalue weighted by Gasteiger charge is -2.25. The monoisotopic (exact) mass is 480 g/mol. The number of amides is 2. The van der Waals surface area contributed by atoms with Crippen molar-refractivity contribution in [2.24, 2.45) is 11.8 Å². The number of fused-ring (bicyclic) bond motifs is 4. The fourth-order valence-corrected chi connectivity index (χ4v) is 6.89. The first-order valence-electron chi connectivity index (χ1n) is 11.7. The van der Waals surface area contributed by atoms with Crippen LogP contribution in [0.2, 0.25) is 0 Å². The highest BCUT2D eigenvalue weighted by Crippen LogP contribution is 2.44. The number of carboxylic acids is 1. The van der Waals surface area contributed by atoms with E-state index in [0.717, 1.165) is 33.8 Å². The van der Waals surface area contributed by atoms with Crippen molar-refractivity contribution in [2.45, 2.75) is 24.8 Å². The van der Waals surface area contributed by atoms with E-state index in [1.54, 1.807) is 4.90 Å². The number of carbonyl (C=O) groups excluding carboxylic acids is 2. The molecule has 0 saturated carbocycles. The number of rotatable bonds is 7. The summed E-state index contributed by atoms with van der Waals surface area (Å²) >= 11 is 1.92. The van der Waals surface area contributed by atoms with Crippen LogP contribution in [0, 0.1) is 11.8 Å². The van der Waals surface area contributed by atoms with Gasteiger partial charge in [0.05, 0.1) is 0 Å². The first-order chi connectivity index (χ1) is 16.5. The van der Waals surface area contributed by atoms with Crippen LogP contribution in [0.1, 0.15) is 29.9 Å². The summed E-state index contributed by atoms with van der Waals surface area (Å²) in [4.78, 5) is 38.8. The number of hydrogen-bond donors (Lipinski definition) is 2. The highest BCUT2D eigenvalue weighted by Gasteiger charge is 2.40. The molecule has 2 aromatic rings. The number of carbonyl (C=O) groups is 3. The van der Waals surface area contributed by atoms with Crippen LogP contribution in [0.4, 0.5) is 4.79 Å². The van der Waals surface area contributed by atoms with Crippen LogP contribution in [0.25, 0.3) is 11.1 Å². The Morgan fingerprint density at radius 2 is 1.59 bits per heavy atom. The smallest absolute Gasteiger partial charge is 0.407 e. The topological polar surface area (TPSA) is 95.9 Å². The summed E-state index contributed by atoms with van der Waals surface area (Å²) in [6.07, 6.45) is -0.851. The summed E-state index contributed by atoms with van der Waals surface area (Å²) in [5, 5.41) is 11.8. The Balaban J connectivity index is 1.24. The predicted octanol–water partition coefficient (Wildman–Crippen LogP) is 3.58. The molecule has 2 fully saturated rings. The molecule has 3 aliphatic rings. The quantitative estimate of drug-likeness (QED) is 0.629. The molecule has 2 amide bonds.